The number of fused-ring (bicyclic) bond motifs is 1. The van der Waals surface area contributed by atoms with Crippen molar-refractivity contribution >= 4 is 70.3 Å². The number of amides is 1. The molecular weight excluding hydrogens is 468 g/mol. The van der Waals surface area contributed by atoms with Gasteiger partial charge < -0.3 is 14.6 Å². The number of carbonyl (C=O) groups is 1. The largest absolute Gasteiger partial charge is 0.494 e. The molecule has 0 aliphatic rings. The molecule has 1 aromatic heterocycles. The number of terminal acetylenes is 1. The summed E-state index contributed by atoms with van der Waals surface area (Å²) in [5, 5.41) is 3.66. The number of nitrogens with one attached hydrogen (secondary N) is 1. The molecule has 2 aromatic rings. The Kier molecular flexibility index (Phi) is 5.02. The quantitative estimate of drug-likeness (QED) is 0.659. The third kappa shape index (κ3) is 2.85. The maximum Gasteiger partial charge on any atom is 0.221 e. The lowest BCUT2D eigenvalue weighted by Crippen LogP contribution is -2.06. The molecule has 1 amide bonds. The minimum Gasteiger partial charge on any atom is -0.494 e. The molecule has 0 saturated heterocycles. The number of anilines is 1. The van der Waals surface area contributed by atoms with Gasteiger partial charge in [0.25, 0.3) is 0 Å². The number of halogens is 3. The predicted molar refractivity (Wildman–Crippen MR) is 94.7 cm³/mol. The molecule has 1 aromatic carbocycles. The summed E-state index contributed by atoms with van der Waals surface area (Å²) in [5.41, 5.74) is 1.54. The summed E-state index contributed by atoms with van der Waals surface area (Å²) in [7, 11) is 1.59. The lowest BCUT2D eigenvalue weighted by Gasteiger charge is -2.09. The summed E-state index contributed by atoms with van der Waals surface area (Å²) in [6.07, 6.45) is 5.44. The van der Waals surface area contributed by atoms with Crippen LogP contribution in [0.15, 0.2) is 19.6 Å². The van der Waals surface area contributed by atoms with Crippen LogP contribution in [0.4, 0.5) is 5.69 Å². The Balaban J connectivity index is 2.91. The minimum atomic E-state index is -0.163. The number of methoxy groups -OCH3 is 1. The summed E-state index contributed by atoms with van der Waals surface area (Å²) in [6.45, 7) is 1.84. The average molecular weight is 479 g/mol. The molecular formula is C14H11Br3N2O2. The number of benzene rings is 1. The lowest BCUT2D eigenvalue weighted by atomic mass is 10.2. The van der Waals surface area contributed by atoms with E-state index in [-0.39, 0.29) is 5.91 Å². The fraction of sp³-hybridized carbons (Fsp3) is 0.214. The maximum absolute atomic E-state index is 11.5. The first kappa shape index (κ1) is 16.4. The summed E-state index contributed by atoms with van der Waals surface area (Å²) < 4.78 is 9.53. The second-order valence-corrected chi connectivity index (χ2v) is 6.64. The smallest absolute Gasteiger partial charge is 0.221 e. The van der Waals surface area contributed by atoms with E-state index in [2.05, 4.69) is 59.0 Å². The molecule has 1 N–H and O–H groups in total. The first-order valence-electron chi connectivity index (χ1n) is 5.87. The molecule has 0 aliphatic heterocycles. The van der Waals surface area contributed by atoms with Gasteiger partial charge in [-0.3, -0.25) is 4.79 Å². The van der Waals surface area contributed by atoms with Crippen molar-refractivity contribution < 1.29 is 9.53 Å². The van der Waals surface area contributed by atoms with Gasteiger partial charge in [0.2, 0.25) is 5.91 Å². The molecule has 4 nitrogen and oxygen atoms in total. The highest BCUT2D eigenvalue weighted by molar-refractivity contribution is 9.11. The highest BCUT2D eigenvalue weighted by Crippen LogP contribution is 2.46. The van der Waals surface area contributed by atoms with Crippen LogP contribution in [-0.4, -0.2) is 17.6 Å². The van der Waals surface area contributed by atoms with Crippen molar-refractivity contribution in [1.29, 1.82) is 0 Å². The Labute approximate surface area is 147 Å². The molecule has 7 heteroatoms. The van der Waals surface area contributed by atoms with Gasteiger partial charge in [-0.05, 0) is 53.9 Å². The van der Waals surface area contributed by atoms with Crippen LogP contribution < -0.4 is 10.1 Å². The van der Waals surface area contributed by atoms with Gasteiger partial charge in [-0.15, -0.1) is 6.42 Å². The van der Waals surface area contributed by atoms with Crippen molar-refractivity contribution in [2.24, 2.45) is 0 Å². The molecule has 0 radical (unpaired) electrons. The van der Waals surface area contributed by atoms with Crippen molar-refractivity contribution in [2.75, 3.05) is 12.4 Å². The van der Waals surface area contributed by atoms with Crippen molar-refractivity contribution in [1.82, 2.24) is 4.57 Å². The monoisotopic (exact) mass is 476 g/mol. The van der Waals surface area contributed by atoms with Gasteiger partial charge in [-0.25, -0.2) is 0 Å². The zero-order valence-corrected chi connectivity index (χ0v) is 16.0. The maximum atomic E-state index is 11.5. The average Bonchev–Trinajstić information content (AvgIpc) is 2.65. The number of hydrogen-bond donors (Lipinski definition) is 1. The molecule has 0 bridgehead atoms. The van der Waals surface area contributed by atoms with Gasteiger partial charge in [-0.2, -0.15) is 0 Å². The number of carbonyl (C=O) groups excluding carboxylic acids is 1. The SMILES string of the molecule is C#CCn1c(Br)c(NC(C)=O)c2c(Br)c(OC)c(Br)cc21. The summed E-state index contributed by atoms with van der Waals surface area (Å²) in [5.74, 6) is 3.10. The van der Waals surface area contributed by atoms with E-state index in [0.717, 1.165) is 19.8 Å². The third-order valence-electron chi connectivity index (χ3n) is 2.89. The molecule has 0 atom stereocenters. The second kappa shape index (κ2) is 6.42. The van der Waals surface area contributed by atoms with E-state index >= 15 is 0 Å². The number of rotatable bonds is 3. The van der Waals surface area contributed by atoms with Crippen molar-refractivity contribution in [2.45, 2.75) is 13.5 Å². The Morgan fingerprint density at radius 3 is 2.67 bits per heavy atom. The van der Waals surface area contributed by atoms with Crippen LogP contribution in [0.1, 0.15) is 6.92 Å². The van der Waals surface area contributed by atoms with Crippen LogP contribution in [0.25, 0.3) is 10.9 Å². The number of hydrogen-bond acceptors (Lipinski definition) is 2. The van der Waals surface area contributed by atoms with E-state index < -0.39 is 0 Å². The van der Waals surface area contributed by atoms with Gasteiger partial charge >= 0.3 is 0 Å². The summed E-state index contributed by atoms with van der Waals surface area (Å²) in [6, 6.07) is 1.91. The van der Waals surface area contributed by atoms with Crippen LogP contribution in [0, 0.1) is 12.3 Å². The van der Waals surface area contributed by atoms with Crippen LogP contribution in [0.5, 0.6) is 5.75 Å². The highest BCUT2D eigenvalue weighted by Gasteiger charge is 2.22. The van der Waals surface area contributed by atoms with E-state index in [0.29, 0.717) is 22.6 Å². The molecule has 0 spiro atoms. The summed E-state index contributed by atoms with van der Waals surface area (Å²) >= 11 is 10.5. The number of nitrogens with zero attached hydrogens (tertiary/aromatic N) is 1. The predicted octanol–water partition coefficient (Wildman–Crippen LogP) is 4.53. The molecule has 0 fully saturated rings. The molecule has 1 heterocycles. The first-order valence-corrected chi connectivity index (χ1v) is 8.25. The zero-order valence-electron chi connectivity index (χ0n) is 11.3. The van der Waals surface area contributed by atoms with E-state index in [4.69, 9.17) is 11.2 Å². The Morgan fingerprint density at radius 1 is 1.48 bits per heavy atom. The van der Waals surface area contributed by atoms with E-state index in [9.17, 15) is 4.79 Å². The molecule has 0 unspecified atom stereocenters. The lowest BCUT2D eigenvalue weighted by molar-refractivity contribution is -0.114. The Hall–Kier alpha value is -0.970. The topological polar surface area (TPSA) is 43.3 Å². The van der Waals surface area contributed by atoms with Crippen molar-refractivity contribution in [3.63, 3.8) is 0 Å². The Bertz CT molecular complexity index is 775. The van der Waals surface area contributed by atoms with E-state index in [1.807, 2.05) is 10.6 Å². The van der Waals surface area contributed by atoms with E-state index in [1.54, 1.807) is 7.11 Å². The standard InChI is InChI=1S/C14H11Br3N2O2/c1-4-5-19-9-6-8(15)13(21-3)11(16)10(9)12(14(19)17)18-7(2)20/h1,6H,5H2,2-3H3,(H,18,20). The second-order valence-electron chi connectivity index (χ2n) is 4.24. The fourth-order valence-electron chi connectivity index (χ4n) is 2.11. The normalized spacial score (nSPS) is 10.5. The van der Waals surface area contributed by atoms with E-state index in [1.165, 1.54) is 6.92 Å². The molecule has 0 aliphatic carbocycles. The zero-order chi connectivity index (χ0) is 15.7. The van der Waals surface area contributed by atoms with Gasteiger partial charge in [0.05, 0.1) is 33.8 Å². The number of ether oxygens (including phenoxy) is 1. The van der Waals surface area contributed by atoms with Gasteiger partial charge in [-0.1, -0.05) is 5.92 Å². The summed E-state index contributed by atoms with van der Waals surface area (Å²) in [4.78, 5) is 11.5. The van der Waals surface area contributed by atoms with Crippen LogP contribution in [-0.2, 0) is 11.3 Å². The van der Waals surface area contributed by atoms with Crippen molar-refractivity contribution in [3.05, 3.63) is 19.6 Å². The van der Waals surface area contributed by atoms with Crippen LogP contribution in [0.2, 0.25) is 0 Å². The first-order chi connectivity index (χ1) is 9.92. The molecule has 21 heavy (non-hydrogen) atoms. The Morgan fingerprint density at radius 2 is 2.14 bits per heavy atom. The van der Waals surface area contributed by atoms with Crippen molar-refractivity contribution in [3.8, 4) is 18.1 Å². The molecule has 110 valence electrons. The van der Waals surface area contributed by atoms with Gasteiger partial charge in [0.1, 0.15) is 10.4 Å². The minimum absolute atomic E-state index is 0.163. The third-order valence-corrected chi connectivity index (χ3v) is 5.06. The fourth-order valence-corrected chi connectivity index (χ4v) is 4.34. The molecule has 2 rings (SSSR count). The van der Waals surface area contributed by atoms with Crippen LogP contribution in [0.3, 0.4) is 0 Å². The van der Waals surface area contributed by atoms with Crippen LogP contribution >= 0.6 is 47.8 Å². The number of aromatic nitrogens is 1. The van der Waals surface area contributed by atoms with Gasteiger partial charge in [0.15, 0.2) is 0 Å². The highest BCUT2D eigenvalue weighted by atomic mass is 79.9. The molecule has 0 saturated carbocycles. The van der Waals surface area contributed by atoms with Gasteiger partial charge in [0, 0.05) is 12.3 Å².